The number of hydrogen-bond donors (Lipinski definition) is 0. The maximum Gasteiger partial charge on any atom is 0.261 e. The summed E-state index contributed by atoms with van der Waals surface area (Å²) < 4.78 is 18.9. The van der Waals surface area contributed by atoms with E-state index in [-0.39, 0.29) is 17.9 Å². The Balaban J connectivity index is 2.27. The molecule has 2 rings (SSSR count). The Morgan fingerprint density at radius 1 is 1.58 bits per heavy atom. The van der Waals surface area contributed by atoms with Crippen LogP contribution in [-0.4, -0.2) is 31.0 Å². The van der Waals surface area contributed by atoms with Crippen LogP contribution in [-0.2, 0) is 0 Å². The minimum absolute atomic E-state index is 0.0408. The van der Waals surface area contributed by atoms with Crippen LogP contribution < -0.4 is 4.74 Å². The summed E-state index contributed by atoms with van der Waals surface area (Å²) in [4.78, 5) is 13.9. The van der Waals surface area contributed by atoms with Gasteiger partial charge in [-0.05, 0) is 30.9 Å². The molecule has 1 saturated carbocycles. The molecule has 4 heteroatoms. The van der Waals surface area contributed by atoms with E-state index in [2.05, 4.69) is 5.92 Å². The molecule has 0 unspecified atom stereocenters. The van der Waals surface area contributed by atoms with Crippen LogP contribution in [0.3, 0.4) is 0 Å². The van der Waals surface area contributed by atoms with Crippen molar-refractivity contribution in [2.24, 2.45) is 5.92 Å². The van der Waals surface area contributed by atoms with Gasteiger partial charge in [0, 0.05) is 6.54 Å². The summed E-state index contributed by atoms with van der Waals surface area (Å²) in [6.45, 7) is 0.771. The van der Waals surface area contributed by atoms with Crippen LogP contribution in [0.15, 0.2) is 18.2 Å². The maximum atomic E-state index is 13.9. The Kier molecular flexibility index (Phi) is 4.06. The van der Waals surface area contributed by atoms with E-state index in [0.29, 0.717) is 12.5 Å². The van der Waals surface area contributed by atoms with Crippen LogP contribution in [0, 0.1) is 24.1 Å². The van der Waals surface area contributed by atoms with Crippen molar-refractivity contribution in [1.82, 2.24) is 4.90 Å². The molecule has 1 aliphatic carbocycles. The molecular weight excluding hydrogens is 245 g/mol. The minimum atomic E-state index is -0.581. The maximum absolute atomic E-state index is 13.9. The molecule has 0 aliphatic heterocycles. The van der Waals surface area contributed by atoms with Gasteiger partial charge in [-0.25, -0.2) is 4.39 Å². The van der Waals surface area contributed by atoms with Crippen LogP contribution >= 0.6 is 0 Å². The van der Waals surface area contributed by atoms with E-state index in [0.717, 1.165) is 12.8 Å². The number of amides is 1. The predicted molar refractivity (Wildman–Crippen MR) is 70.4 cm³/mol. The summed E-state index contributed by atoms with van der Waals surface area (Å²) in [6.07, 6.45) is 7.48. The largest absolute Gasteiger partial charge is 0.496 e. The number of hydrogen-bond acceptors (Lipinski definition) is 2. The summed E-state index contributed by atoms with van der Waals surface area (Å²) in [6, 6.07) is 4.33. The zero-order chi connectivity index (χ0) is 13.8. The topological polar surface area (TPSA) is 29.5 Å². The number of halogens is 1. The Morgan fingerprint density at radius 2 is 2.32 bits per heavy atom. The molecule has 100 valence electrons. The molecule has 0 bridgehead atoms. The lowest BCUT2D eigenvalue weighted by molar-refractivity contribution is 0.0761. The zero-order valence-electron chi connectivity index (χ0n) is 10.9. The Hall–Kier alpha value is -2.02. The molecule has 0 heterocycles. The van der Waals surface area contributed by atoms with Gasteiger partial charge in [-0.1, -0.05) is 12.0 Å². The fraction of sp³-hybridized carbons (Fsp3) is 0.400. The van der Waals surface area contributed by atoms with Gasteiger partial charge in [-0.2, -0.15) is 0 Å². The van der Waals surface area contributed by atoms with Gasteiger partial charge >= 0.3 is 0 Å². The number of methoxy groups -OCH3 is 1. The molecule has 1 fully saturated rings. The third-order valence-electron chi connectivity index (χ3n) is 3.15. The van der Waals surface area contributed by atoms with E-state index in [4.69, 9.17) is 11.2 Å². The van der Waals surface area contributed by atoms with Crippen molar-refractivity contribution in [1.29, 1.82) is 0 Å². The van der Waals surface area contributed by atoms with Crippen molar-refractivity contribution in [3.63, 3.8) is 0 Å². The molecule has 1 aliphatic rings. The average molecular weight is 261 g/mol. The molecule has 0 spiro atoms. The third kappa shape index (κ3) is 3.05. The molecule has 1 aromatic rings. The van der Waals surface area contributed by atoms with Gasteiger partial charge in [-0.3, -0.25) is 4.79 Å². The Bertz CT molecular complexity index is 517. The van der Waals surface area contributed by atoms with Crippen LogP contribution in [0.1, 0.15) is 23.2 Å². The van der Waals surface area contributed by atoms with Crippen molar-refractivity contribution in [2.75, 3.05) is 20.2 Å². The summed E-state index contributed by atoms with van der Waals surface area (Å²) >= 11 is 0. The highest BCUT2D eigenvalue weighted by Crippen LogP contribution is 2.31. The van der Waals surface area contributed by atoms with Gasteiger partial charge in [0.15, 0.2) is 0 Å². The zero-order valence-corrected chi connectivity index (χ0v) is 10.9. The second kappa shape index (κ2) is 5.75. The van der Waals surface area contributed by atoms with Crippen LogP contribution in [0.2, 0.25) is 0 Å². The second-order valence-electron chi connectivity index (χ2n) is 4.65. The van der Waals surface area contributed by atoms with E-state index < -0.39 is 11.7 Å². The normalized spacial score (nSPS) is 13.7. The SMILES string of the molecule is C#CCN(CC1CC1)C(=O)c1c(F)cccc1OC. The number of carbonyl (C=O) groups excluding carboxylic acids is 1. The van der Waals surface area contributed by atoms with Gasteiger partial charge < -0.3 is 9.64 Å². The first kappa shape index (κ1) is 13.4. The molecule has 0 radical (unpaired) electrons. The monoisotopic (exact) mass is 261 g/mol. The number of rotatable bonds is 5. The molecule has 1 amide bonds. The van der Waals surface area contributed by atoms with Crippen molar-refractivity contribution in [3.8, 4) is 18.1 Å². The lowest BCUT2D eigenvalue weighted by Gasteiger charge is -2.21. The average Bonchev–Trinajstić information content (AvgIpc) is 3.21. The Morgan fingerprint density at radius 3 is 2.89 bits per heavy atom. The van der Waals surface area contributed by atoms with E-state index in [9.17, 15) is 9.18 Å². The first-order chi connectivity index (χ1) is 9.17. The second-order valence-corrected chi connectivity index (χ2v) is 4.65. The predicted octanol–water partition coefficient (Wildman–Crippen LogP) is 2.32. The molecule has 0 N–H and O–H groups in total. The van der Waals surface area contributed by atoms with Crippen molar-refractivity contribution in [3.05, 3.63) is 29.6 Å². The molecule has 0 saturated heterocycles. The molecular formula is C15H16FNO2. The highest BCUT2D eigenvalue weighted by atomic mass is 19.1. The van der Waals surface area contributed by atoms with Crippen LogP contribution in [0.5, 0.6) is 5.75 Å². The van der Waals surface area contributed by atoms with E-state index in [1.807, 2.05) is 0 Å². The first-order valence-electron chi connectivity index (χ1n) is 6.22. The summed E-state index contributed by atoms with van der Waals surface area (Å²) in [5.74, 6) is 2.20. The van der Waals surface area contributed by atoms with Gasteiger partial charge in [0.05, 0.1) is 13.7 Å². The minimum Gasteiger partial charge on any atom is -0.496 e. The van der Waals surface area contributed by atoms with Gasteiger partial charge in [0.1, 0.15) is 17.1 Å². The number of nitrogens with zero attached hydrogens (tertiary/aromatic N) is 1. The van der Waals surface area contributed by atoms with Gasteiger partial charge in [0.25, 0.3) is 5.91 Å². The van der Waals surface area contributed by atoms with E-state index in [1.54, 1.807) is 6.07 Å². The summed E-state index contributed by atoms with van der Waals surface area (Å²) in [7, 11) is 1.41. The third-order valence-corrected chi connectivity index (χ3v) is 3.15. The lowest BCUT2D eigenvalue weighted by atomic mass is 10.1. The quantitative estimate of drug-likeness (QED) is 0.761. The highest BCUT2D eigenvalue weighted by molar-refractivity contribution is 5.97. The molecule has 19 heavy (non-hydrogen) atoms. The Labute approximate surface area is 112 Å². The fourth-order valence-electron chi connectivity index (χ4n) is 1.98. The first-order valence-corrected chi connectivity index (χ1v) is 6.22. The molecule has 0 aromatic heterocycles. The van der Waals surface area contributed by atoms with E-state index in [1.165, 1.54) is 24.1 Å². The van der Waals surface area contributed by atoms with Gasteiger partial charge in [-0.15, -0.1) is 6.42 Å². The molecule has 1 aromatic carbocycles. The van der Waals surface area contributed by atoms with Gasteiger partial charge in [0.2, 0.25) is 0 Å². The van der Waals surface area contributed by atoms with Crippen molar-refractivity contribution in [2.45, 2.75) is 12.8 Å². The van der Waals surface area contributed by atoms with Crippen molar-refractivity contribution < 1.29 is 13.9 Å². The number of benzene rings is 1. The number of carbonyl (C=O) groups is 1. The highest BCUT2D eigenvalue weighted by Gasteiger charge is 2.29. The van der Waals surface area contributed by atoms with Crippen molar-refractivity contribution >= 4 is 5.91 Å². The van der Waals surface area contributed by atoms with E-state index >= 15 is 0 Å². The number of terminal acetylenes is 1. The van der Waals surface area contributed by atoms with Crippen LogP contribution in [0.25, 0.3) is 0 Å². The summed E-state index contributed by atoms with van der Waals surface area (Å²) in [5, 5.41) is 0. The smallest absolute Gasteiger partial charge is 0.261 e. The molecule has 0 atom stereocenters. The fourth-order valence-corrected chi connectivity index (χ4v) is 1.98. The van der Waals surface area contributed by atoms with Crippen LogP contribution in [0.4, 0.5) is 4.39 Å². The molecule has 3 nitrogen and oxygen atoms in total. The summed E-state index contributed by atoms with van der Waals surface area (Å²) in [5.41, 5.74) is -0.0408. The lowest BCUT2D eigenvalue weighted by Crippen LogP contribution is -2.34. The number of ether oxygens (including phenoxy) is 1. The standard InChI is InChI=1S/C15H16FNO2/c1-3-9-17(10-11-7-8-11)15(18)14-12(16)5-4-6-13(14)19-2/h1,4-6,11H,7-10H2,2H3.